The predicted octanol–water partition coefficient (Wildman–Crippen LogP) is 0.768. The van der Waals surface area contributed by atoms with E-state index in [2.05, 4.69) is 15.6 Å². The summed E-state index contributed by atoms with van der Waals surface area (Å²) in [7, 11) is 3.07. The fraction of sp³-hybridized carbons (Fsp3) is 0.444. The number of rotatable bonds is 12. The quantitative estimate of drug-likeness (QED) is 0.482. The number of thiazole rings is 1. The van der Waals surface area contributed by atoms with Gasteiger partial charge in [0.2, 0.25) is 11.8 Å². The maximum absolute atomic E-state index is 12.5. The fourth-order valence-corrected chi connectivity index (χ4v) is 3.03. The van der Waals surface area contributed by atoms with Crippen molar-refractivity contribution in [3.8, 4) is 0 Å². The third-order valence-corrected chi connectivity index (χ3v) is 4.49. The van der Waals surface area contributed by atoms with Crippen molar-refractivity contribution in [2.75, 3.05) is 52.4 Å². The minimum absolute atomic E-state index is 0.104. The number of methoxy groups -OCH3 is 2. The molecule has 3 amide bonds. The van der Waals surface area contributed by atoms with Crippen LogP contribution in [0.3, 0.4) is 0 Å². The van der Waals surface area contributed by atoms with Crippen LogP contribution in [0.4, 0.5) is 5.13 Å². The molecule has 158 valence electrons. The van der Waals surface area contributed by atoms with Crippen LogP contribution in [0, 0.1) is 0 Å². The molecular formula is C18H24N4O6S. The van der Waals surface area contributed by atoms with E-state index in [1.54, 1.807) is 18.6 Å². The van der Waals surface area contributed by atoms with Gasteiger partial charge in [-0.3, -0.25) is 14.4 Å². The first-order chi connectivity index (χ1) is 14.0. The molecule has 0 saturated carbocycles. The number of carbonyl (C=O) groups excluding carboxylic acids is 3. The van der Waals surface area contributed by atoms with Crippen LogP contribution in [0.2, 0.25) is 0 Å². The highest BCUT2D eigenvalue weighted by molar-refractivity contribution is 7.13. The van der Waals surface area contributed by atoms with Crippen LogP contribution in [-0.2, 0) is 25.5 Å². The van der Waals surface area contributed by atoms with Crippen LogP contribution in [0.15, 0.2) is 28.2 Å². The van der Waals surface area contributed by atoms with Crippen LogP contribution in [-0.4, -0.2) is 74.7 Å². The van der Waals surface area contributed by atoms with Crippen molar-refractivity contribution in [3.05, 3.63) is 35.2 Å². The lowest BCUT2D eigenvalue weighted by Crippen LogP contribution is -2.39. The number of ether oxygens (including phenoxy) is 2. The first-order valence-electron chi connectivity index (χ1n) is 8.85. The summed E-state index contributed by atoms with van der Waals surface area (Å²) >= 11 is 1.20. The molecule has 2 aromatic heterocycles. The molecule has 2 aromatic rings. The van der Waals surface area contributed by atoms with E-state index in [4.69, 9.17) is 13.9 Å². The second-order valence-corrected chi connectivity index (χ2v) is 6.77. The smallest absolute Gasteiger partial charge is 0.290 e. The Morgan fingerprint density at radius 2 is 2.00 bits per heavy atom. The molecule has 0 bridgehead atoms. The highest BCUT2D eigenvalue weighted by Gasteiger charge is 2.21. The maximum Gasteiger partial charge on any atom is 0.290 e. The second kappa shape index (κ2) is 11.9. The molecule has 0 radical (unpaired) electrons. The second-order valence-electron chi connectivity index (χ2n) is 5.91. The van der Waals surface area contributed by atoms with E-state index in [1.807, 2.05) is 0 Å². The molecular weight excluding hydrogens is 400 g/mol. The number of anilines is 1. The first-order valence-corrected chi connectivity index (χ1v) is 9.73. The Bertz CT molecular complexity index is 792. The van der Waals surface area contributed by atoms with Gasteiger partial charge in [0.15, 0.2) is 10.9 Å². The summed E-state index contributed by atoms with van der Waals surface area (Å²) in [6, 6.07) is 3.13. The molecule has 0 spiro atoms. The van der Waals surface area contributed by atoms with Gasteiger partial charge in [-0.2, -0.15) is 0 Å². The van der Waals surface area contributed by atoms with Crippen LogP contribution in [0.1, 0.15) is 16.2 Å². The monoisotopic (exact) mass is 424 g/mol. The third kappa shape index (κ3) is 7.64. The molecule has 0 aliphatic heterocycles. The van der Waals surface area contributed by atoms with Crippen LogP contribution >= 0.6 is 11.3 Å². The molecule has 29 heavy (non-hydrogen) atoms. The van der Waals surface area contributed by atoms with Crippen molar-refractivity contribution in [2.24, 2.45) is 0 Å². The number of aromatic nitrogens is 1. The van der Waals surface area contributed by atoms with Gasteiger partial charge in [-0.05, 0) is 12.1 Å². The van der Waals surface area contributed by atoms with Gasteiger partial charge >= 0.3 is 0 Å². The zero-order valence-electron chi connectivity index (χ0n) is 16.3. The molecule has 0 aromatic carbocycles. The minimum atomic E-state index is -0.411. The van der Waals surface area contributed by atoms with Gasteiger partial charge in [0.05, 0.1) is 31.6 Å². The molecule has 2 rings (SSSR count). The van der Waals surface area contributed by atoms with E-state index in [0.29, 0.717) is 24.0 Å². The molecule has 2 heterocycles. The van der Waals surface area contributed by atoms with Crippen molar-refractivity contribution in [1.29, 1.82) is 0 Å². The summed E-state index contributed by atoms with van der Waals surface area (Å²) in [6.07, 6.45) is 1.50. The van der Waals surface area contributed by atoms with Gasteiger partial charge in [0.1, 0.15) is 6.54 Å². The van der Waals surface area contributed by atoms with Gasteiger partial charge in [-0.15, -0.1) is 11.3 Å². The Morgan fingerprint density at radius 3 is 2.69 bits per heavy atom. The van der Waals surface area contributed by atoms with Crippen LogP contribution < -0.4 is 10.6 Å². The van der Waals surface area contributed by atoms with Crippen LogP contribution in [0.5, 0.6) is 0 Å². The first kappa shape index (κ1) is 22.5. The number of furan rings is 1. The number of amides is 3. The molecule has 0 aliphatic carbocycles. The van der Waals surface area contributed by atoms with Gasteiger partial charge in [0.25, 0.3) is 5.91 Å². The highest BCUT2D eigenvalue weighted by Crippen LogP contribution is 2.16. The number of nitrogens with one attached hydrogen (secondary N) is 2. The topological polar surface area (TPSA) is 123 Å². The van der Waals surface area contributed by atoms with Gasteiger partial charge in [-0.25, -0.2) is 4.98 Å². The number of hydrogen-bond donors (Lipinski definition) is 2. The minimum Gasteiger partial charge on any atom is -0.459 e. The summed E-state index contributed by atoms with van der Waals surface area (Å²) in [6.45, 7) is 1.17. The Balaban J connectivity index is 1.88. The summed E-state index contributed by atoms with van der Waals surface area (Å²) in [5.41, 5.74) is 0.545. The maximum atomic E-state index is 12.5. The van der Waals surface area contributed by atoms with Crippen molar-refractivity contribution >= 4 is 34.2 Å². The molecule has 10 nitrogen and oxygen atoms in total. The van der Waals surface area contributed by atoms with E-state index in [-0.39, 0.29) is 37.8 Å². The number of carbonyl (C=O) groups is 3. The van der Waals surface area contributed by atoms with E-state index >= 15 is 0 Å². The average molecular weight is 424 g/mol. The van der Waals surface area contributed by atoms with Crippen molar-refractivity contribution in [3.63, 3.8) is 0 Å². The molecule has 0 aliphatic rings. The summed E-state index contributed by atoms with van der Waals surface area (Å²) < 4.78 is 15.0. The van der Waals surface area contributed by atoms with Crippen molar-refractivity contribution in [1.82, 2.24) is 15.2 Å². The lowest BCUT2D eigenvalue weighted by Gasteiger charge is -2.20. The highest BCUT2D eigenvalue weighted by atomic mass is 32.1. The largest absolute Gasteiger partial charge is 0.459 e. The number of hydrogen-bond acceptors (Lipinski definition) is 8. The van der Waals surface area contributed by atoms with E-state index in [9.17, 15) is 14.4 Å². The SMILES string of the molecule is COCCNC(=O)Cc1csc(NC(=O)CN(CCOC)C(=O)c2ccco2)n1. The predicted molar refractivity (Wildman–Crippen MR) is 106 cm³/mol. The zero-order valence-corrected chi connectivity index (χ0v) is 17.1. The lowest BCUT2D eigenvalue weighted by atomic mass is 10.3. The van der Waals surface area contributed by atoms with Crippen LogP contribution in [0.25, 0.3) is 0 Å². The van der Waals surface area contributed by atoms with Crippen molar-refractivity contribution in [2.45, 2.75) is 6.42 Å². The Hall–Kier alpha value is -2.76. The average Bonchev–Trinajstić information content (AvgIpc) is 3.37. The van der Waals surface area contributed by atoms with Crippen molar-refractivity contribution < 1.29 is 28.3 Å². The Labute approximate surface area is 172 Å². The fourth-order valence-electron chi connectivity index (χ4n) is 2.31. The summed E-state index contributed by atoms with van der Waals surface area (Å²) in [4.78, 5) is 42.2. The Kier molecular flexibility index (Phi) is 9.28. The summed E-state index contributed by atoms with van der Waals surface area (Å²) in [5, 5.41) is 7.40. The Morgan fingerprint density at radius 1 is 1.21 bits per heavy atom. The zero-order chi connectivity index (χ0) is 21.1. The molecule has 0 atom stereocenters. The molecule has 0 unspecified atom stereocenters. The van der Waals surface area contributed by atoms with Gasteiger partial charge in [0, 0.05) is 32.7 Å². The standard InChI is InChI=1S/C18H24N4O6S/c1-26-8-5-19-15(23)10-13-12-29-18(20-13)21-16(24)11-22(6-9-27-2)17(25)14-4-3-7-28-14/h3-4,7,12H,5-6,8-11H2,1-2H3,(H,19,23)(H,20,21,24). The van der Waals surface area contributed by atoms with Gasteiger partial charge < -0.3 is 29.4 Å². The van der Waals surface area contributed by atoms with E-state index in [0.717, 1.165) is 0 Å². The summed E-state index contributed by atoms with van der Waals surface area (Å²) in [5.74, 6) is -0.855. The molecule has 2 N–H and O–H groups in total. The third-order valence-electron chi connectivity index (χ3n) is 3.69. The van der Waals surface area contributed by atoms with Gasteiger partial charge in [-0.1, -0.05) is 0 Å². The molecule has 0 fully saturated rings. The molecule has 0 saturated heterocycles. The van der Waals surface area contributed by atoms with E-state index < -0.39 is 11.8 Å². The number of nitrogens with zero attached hydrogens (tertiary/aromatic N) is 2. The lowest BCUT2D eigenvalue weighted by molar-refractivity contribution is -0.120. The molecule has 11 heteroatoms. The van der Waals surface area contributed by atoms with E-state index in [1.165, 1.54) is 35.7 Å². The normalized spacial score (nSPS) is 10.6.